The Bertz CT molecular complexity index is 669. The number of carboxylic acids is 1. The molecular formula is C13H11BrN2O3S. The van der Waals surface area contributed by atoms with E-state index in [1.54, 1.807) is 11.4 Å². The number of aromatic carboxylic acids is 1. The van der Waals surface area contributed by atoms with Crippen molar-refractivity contribution in [2.45, 2.75) is 6.92 Å². The molecule has 2 amide bonds. The fraction of sp³-hybridized carbons (Fsp3) is 0.0769. The normalized spacial score (nSPS) is 10.1. The summed E-state index contributed by atoms with van der Waals surface area (Å²) in [5, 5.41) is 16.1. The highest BCUT2D eigenvalue weighted by atomic mass is 79.9. The summed E-state index contributed by atoms with van der Waals surface area (Å²) >= 11 is 4.55. The summed E-state index contributed by atoms with van der Waals surface area (Å²) < 4.78 is 0.791. The molecule has 0 aliphatic carbocycles. The van der Waals surface area contributed by atoms with Crippen molar-refractivity contribution in [3.05, 3.63) is 45.2 Å². The van der Waals surface area contributed by atoms with Crippen molar-refractivity contribution < 1.29 is 14.7 Å². The highest BCUT2D eigenvalue weighted by Crippen LogP contribution is 2.27. The SMILES string of the molecule is Cc1cccc(NC(=O)Nc2sccc2C(=O)O)c1Br. The largest absolute Gasteiger partial charge is 0.478 e. The van der Waals surface area contributed by atoms with Gasteiger partial charge in [0.05, 0.1) is 11.3 Å². The maximum atomic E-state index is 11.9. The van der Waals surface area contributed by atoms with Crippen LogP contribution in [0.15, 0.2) is 34.1 Å². The first-order valence-electron chi connectivity index (χ1n) is 5.63. The highest BCUT2D eigenvalue weighted by Gasteiger charge is 2.14. The number of thiophene rings is 1. The molecule has 0 spiro atoms. The van der Waals surface area contributed by atoms with Gasteiger partial charge in [0.15, 0.2) is 0 Å². The molecule has 0 radical (unpaired) electrons. The van der Waals surface area contributed by atoms with Gasteiger partial charge in [0, 0.05) is 4.47 Å². The predicted molar refractivity (Wildman–Crippen MR) is 82.8 cm³/mol. The average molecular weight is 355 g/mol. The lowest BCUT2D eigenvalue weighted by molar-refractivity contribution is 0.0698. The zero-order valence-electron chi connectivity index (χ0n) is 10.4. The molecule has 2 aromatic rings. The zero-order valence-corrected chi connectivity index (χ0v) is 12.8. The predicted octanol–water partition coefficient (Wildman–Crippen LogP) is 4.16. The number of nitrogens with one attached hydrogen (secondary N) is 2. The minimum Gasteiger partial charge on any atom is -0.478 e. The summed E-state index contributed by atoms with van der Waals surface area (Å²) in [6.07, 6.45) is 0. The third kappa shape index (κ3) is 3.17. The first kappa shape index (κ1) is 14.5. The van der Waals surface area contributed by atoms with E-state index in [0.29, 0.717) is 10.7 Å². The highest BCUT2D eigenvalue weighted by molar-refractivity contribution is 9.10. The standard InChI is InChI=1S/C13H11BrN2O3S/c1-7-3-2-4-9(10(7)14)15-13(19)16-11-8(12(17)18)5-6-20-11/h2-6H,1H3,(H,17,18)(H2,15,16,19). The number of carbonyl (C=O) groups excluding carboxylic acids is 1. The summed E-state index contributed by atoms with van der Waals surface area (Å²) in [5.41, 5.74) is 1.69. The van der Waals surface area contributed by atoms with Crippen LogP contribution in [0.3, 0.4) is 0 Å². The second kappa shape index (κ2) is 6.06. The van der Waals surface area contributed by atoms with Gasteiger partial charge >= 0.3 is 12.0 Å². The maximum Gasteiger partial charge on any atom is 0.338 e. The minimum atomic E-state index is -1.07. The van der Waals surface area contributed by atoms with Crippen molar-refractivity contribution in [1.29, 1.82) is 0 Å². The van der Waals surface area contributed by atoms with E-state index < -0.39 is 12.0 Å². The topological polar surface area (TPSA) is 78.4 Å². The Morgan fingerprint density at radius 3 is 2.70 bits per heavy atom. The van der Waals surface area contributed by atoms with Gasteiger partial charge in [0.1, 0.15) is 5.00 Å². The number of carbonyl (C=O) groups is 2. The number of amides is 2. The molecule has 3 N–H and O–H groups in total. The molecule has 0 saturated heterocycles. The molecule has 1 heterocycles. The van der Waals surface area contributed by atoms with Crippen LogP contribution in [-0.2, 0) is 0 Å². The number of anilines is 2. The molecule has 1 aromatic carbocycles. The number of aryl methyl sites for hydroxylation is 1. The van der Waals surface area contributed by atoms with Crippen molar-refractivity contribution in [3.8, 4) is 0 Å². The summed E-state index contributed by atoms with van der Waals surface area (Å²) in [6.45, 7) is 1.91. The number of urea groups is 1. The number of hydrogen-bond donors (Lipinski definition) is 3. The Kier molecular flexibility index (Phi) is 4.41. The second-order valence-electron chi connectivity index (χ2n) is 3.98. The number of carboxylic acid groups (broad SMARTS) is 1. The smallest absolute Gasteiger partial charge is 0.338 e. The molecule has 0 fully saturated rings. The molecule has 0 aliphatic heterocycles. The van der Waals surface area contributed by atoms with Gasteiger partial charge in [-0.25, -0.2) is 9.59 Å². The van der Waals surface area contributed by atoms with Gasteiger partial charge in [0.25, 0.3) is 0 Å². The quantitative estimate of drug-likeness (QED) is 0.774. The number of halogens is 1. The molecule has 104 valence electrons. The summed E-state index contributed by atoms with van der Waals surface area (Å²) in [4.78, 5) is 22.8. The van der Waals surface area contributed by atoms with Gasteiger partial charge in [-0.05, 0) is 45.9 Å². The van der Waals surface area contributed by atoms with Crippen molar-refractivity contribution in [1.82, 2.24) is 0 Å². The third-order valence-corrected chi connectivity index (χ3v) is 4.45. The molecular weight excluding hydrogens is 344 g/mol. The van der Waals surface area contributed by atoms with Crippen LogP contribution in [0.25, 0.3) is 0 Å². The van der Waals surface area contributed by atoms with Crippen LogP contribution in [0.2, 0.25) is 0 Å². The van der Waals surface area contributed by atoms with Crippen LogP contribution >= 0.6 is 27.3 Å². The molecule has 0 bridgehead atoms. The van der Waals surface area contributed by atoms with E-state index in [1.807, 2.05) is 19.1 Å². The molecule has 0 saturated carbocycles. The summed E-state index contributed by atoms with van der Waals surface area (Å²) in [6, 6.07) is 6.45. The van der Waals surface area contributed by atoms with Crippen molar-refractivity contribution >= 4 is 50.0 Å². The molecule has 0 atom stereocenters. The van der Waals surface area contributed by atoms with Crippen molar-refractivity contribution in [3.63, 3.8) is 0 Å². The fourth-order valence-electron chi connectivity index (χ4n) is 1.58. The first-order valence-corrected chi connectivity index (χ1v) is 7.30. The molecule has 0 unspecified atom stereocenters. The number of rotatable bonds is 3. The maximum absolute atomic E-state index is 11.9. The lowest BCUT2D eigenvalue weighted by atomic mass is 10.2. The van der Waals surface area contributed by atoms with Gasteiger partial charge in [-0.2, -0.15) is 0 Å². The van der Waals surface area contributed by atoms with Crippen molar-refractivity contribution in [2.75, 3.05) is 10.6 Å². The van der Waals surface area contributed by atoms with Gasteiger partial charge in [-0.1, -0.05) is 12.1 Å². The van der Waals surface area contributed by atoms with Crippen LogP contribution in [0.1, 0.15) is 15.9 Å². The third-order valence-electron chi connectivity index (χ3n) is 2.56. The Morgan fingerprint density at radius 2 is 2.00 bits per heavy atom. The minimum absolute atomic E-state index is 0.0773. The Morgan fingerprint density at radius 1 is 1.25 bits per heavy atom. The molecule has 20 heavy (non-hydrogen) atoms. The molecule has 7 heteroatoms. The summed E-state index contributed by atoms with van der Waals surface area (Å²) in [7, 11) is 0. The monoisotopic (exact) mass is 354 g/mol. The van der Waals surface area contributed by atoms with E-state index in [4.69, 9.17) is 5.11 Å². The van der Waals surface area contributed by atoms with E-state index in [9.17, 15) is 9.59 Å². The van der Waals surface area contributed by atoms with Crippen molar-refractivity contribution in [2.24, 2.45) is 0 Å². The van der Waals surface area contributed by atoms with Crippen LogP contribution in [0.5, 0.6) is 0 Å². The van der Waals surface area contributed by atoms with Crippen LogP contribution in [0.4, 0.5) is 15.5 Å². The Hall–Kier alpha value is -1.86. The molecule has 5 nitrogen and oxygen atoms in total. The Balaban J connectivity index is 2.11. The van der Waals surface area contributed by atoms with Gasteiger partial charge < -0.3 is 10.4 Å². The molecule has 2 rings (SSSR count). The van der Waals surface area contributed by atoms with Gasteiger partial charge in [0.2, 0.25) is 0 Å². The van der Waals surface area contributed by atoms with E-state index in [2.05, 4.69) is 26.6 Å². The van der Waals surface area contributed by atoms with Crippen LogP contribution in [-0.4, -0.2) is 17.1 Å². The Labute approximate surface area is 127 Å². The van der Waals surface area contributed by atoms with Gasteiger partial charge in [-0.15, -0.1) is 11.3 Å². The van der Waals surface area contributed by atoms with Gasteiger partial charge in [-0.3, -0.25) is 5.32 Å². The average Bonchev–Trinajstić information content (AvgIpc) is 2.83. The lowest BCUT2D eigenvalue weighted by Gasteiger charge is -2.10. The number of hydrogen-bond acceptors (Lipinski definition) is 3. The van der Waals surface area contributed by atoms with E-state index in [0.717, 1.165) is 21.4 Å². The second-order valence-corrected chi connectivity index (χ2v) is 5.69. The number of benzene rings is 1. The van der Waals surface area contributed by atoms with E-state index in [-0.39, 0.29) is 5.56 Å². The molecule has 1 aromatic heterocycles. The lowest BCUT2D eigenvalue weighted by Crippen LogP contribution is -2.20. The van der Waals surface area contributed by atoms with Crippen LogP contribution in [0, 0.1) is 6.92 Å². The summed E-state index contributed by atoms with van der Waals surface area (Å²) in [5.74, 6) is -1.07. The fourth-order valence-corrected chi connectivity index (χ4v) is 2.71. The zero-order chi connectivity index (χ0) is 14.7. The van der Waals surface area contributed by atoms with E-state index in [1.165, 1.54) is 6.07 Å². The first-order chi connectivity index (χ1) is 9.49. The van der Waals surface area contributed by atoms with E-state index >= 15 is 0 Å². The molecule has 0 aliphatic rings. The van der Waals surface area contributed by atoms with Crippen LogP contribution < -0.4 is 10.6 Å².